The van der Waals surface area contributed by atoms with E-state index in [0.29, 0.717) is 32.7 Å². The second-order valence-electron chi connectivity index (χ2n) is 6.33. The number of methoxy groups -OCH3 is 1. The highest BCUT2D eigenvalue weighted by Gasteiger charge is 2.13. The molecule has 0 atom stereocenters. The van der Waals surface area contributed by atoms with Gasteiger partial charge in [0, 0.05) is 30.8 Å². The van der Waals surface area contributed by atoms with Crippen molar-refractivity contribution in [3.63, 3.8) is 0 Å². The van der Waals surface area contributed by atoms with Crippen molar-refractivity contribution in [2.24, 2.45) is 0 Å². The van der Waals surface area contributed by atoms with Crippen LogP contribution in [0, 0.1) is 0 Å². The van der Waals surface area contributed by atoms with Gasteiger partial charge in [-0.2, -0.15) is 5.10 Å². The van der Waals surface area contributed by atoms with Crippen LogP contribution in [0.1, 0.15) is 18.2 Å². The molecule has 3 heterocycles. The molecular weight excluding hydrogens is 408 g/mol. The number of amides is 1. The molecule has 2 N–H and O–H groups in total. The minimum absolute atomic E-state index is 0.0136. The van der Waals surface area contributed by atoms with Gasteiger partial charge in [-0.15, -0.1) is 11.3 Å². The van der Waals surface area contributed by atoms with Crippen LogP contribution in [-0.4, -0.2) is 58.2 Å². The lowest BCUT2D eigenvalue weighted by Gasteiger charge is -2.09. The van der Waals surface area contributed by atoms with Crippen molar-refractivity contribution in [1.29, 1.82) is 0 Å². The van der Waals surface area contributed by atoms with Crippen LogP contribution in [0.25, 0.3) is 11.0 Å². The molecule has 0 unspecified atom stereocenters. The summed E-state index contributed by atoms with van der Waals surface area (Å²) in [4.78, 5) is 22.5. The molecule has 0 spiro atoms. The van der Waals surface area contributed by atoms with Crippen molar-refractivity contribution in [2.45, 2.75) is 31.5 Å². The van der Waals surface area contributed by atoms with Crippen molar-refractivity contribution in [3.8, 4) is 0 Å². The van der Waals surface area contributed by atoms with Crippen LogP contribution >= 0.6 is 23.1 Å². The summed E-state index contributed by atoms with van der Waals surface area (Å²) in [5.74, 6) is 1.73. The number of hydrogen-bond acceptors (Lipinski definition) is 8. The first kappa shape index (κ1) is 21.5. The van der Waals surface area contributed by atoms with Crippen LogP contribution < -0.4 is 10.6 Å². The number of hydrogen-bond donors (Lipinski definition) is 2. The molecule has 10 heteroatoms. The van der Waals surface area contributed by atoms with E-state index in [4.69, 9.17) is 9.72 Å². The Bertz CT molecular complexity index is 913. The van der Waals surface area contributed by atoms with Gasteiger partial charge in [0.25, 0.3) is 0 Å². The van der Waals surface area contributed by atoms with Crippen LogP contribution in [0.3, 0.4) is 0 Å². The zero-order valence-electron chi connectivity index (χ0n) is 16.7. The lowest BCUT2D eigenvalue weighted by Crippen LogP contribution is -2.28. The summed E-state index contributed by atoms with van der Waals surface area (Å²) >= 11 is 3.22. The second kappa shape index (κ2) is 11.1. The van der Waals surface area contributed by atoms with Gasteiger partial charge in [-0.05, 0) is 17.9 Å². The number of carbonyl (C=O) groups is 1. The minimum atomic E-state index is 0.0136. The van der Waals surface area contributed by atoms with E-state index < -0.39 is 0 Å². The average molecular weight is 435 g/mol. The van der Waals surface area contributed by atoms with Crippen LogP contribution in [-0.2, 0) is 22.5 Å². The summed E-state index contributed by atoms with van der Waals surface area (Å²) in [6.07, 6.45) is 3.23. The highest BCUT2D eigenvalue weighted by atomic mass is 32.2. The molecule has 0 fully saturated rings. The molecule has 3 rings (SSSR count). The number of nitrogens with zero attached hydrogens (tertiary/aromatic N) is 4. The monoisotopic (exact) mass is 434 g/mol. The Kier molecular flexibility index (Phi) is 8.26. The molecule has 156 valence electrons. The topological polar surface area (TPSA) is 94.0 Å². The Hall–Kier alpha value is -2.17. The van der Waals surface area contributed by atoms with Gasteiger partial charge in [0.15, 0.2) is 10.8 Å². The van der Waals surface area contributed by atoms with Gasteiger partial charge in [0.1, 0.15) is 5.82 Å². The molecule has 29 heavy (non-hydrogen) atoms. The summed E-state index contributed by atoms with van der Waals surface area (Å²) in [7, 11) is 1.67. The van der Waals surface area contributed by atoms with E-state index in [-0.39, 0.29) is 5.91 Å². The lowest BCUT2D eigenvalue weighted by atomic mass is 10.3. The maximum Gasteiger partial charge on any atom is 0.225 e. The van der Waals surface area contributed by atoms with Crippen LogP contribution in [0.4, 0.5) is 5.82 Å². The maximum absolute atomic E-state index is 12.1. The highest BCUT2D eigenvalue weighted by Crippen LogP contribution is 2.24. The third-order valence-corrected chi connectivity index (χ3v) is 6.00. The first-order chi connectivity index (χ1) is 14.2. The third kappa shape index (κ3) is 6.15. The zero-order chi connectivity index (χ0) is 20.5. The van der Waals surface area contributed by atoms with Crippen LogP contribution in [0.15, 0.2) is 28.9 Å². The molecular formula is C19H26N6O2S2. The number of thioether (sulfide) groups is 1. The fourth-order valence-corrected chi connectivity index (χ4v) is 4.10. The largest absolute Gasteiger partial charge is 0.383 e. The van der Waals surface area contributed by atoms with E-state index in [9.17, 15) is 4.79 Å². The molecule has 1 amide bonds. The van der Waals surface area contributed by atoms with Crippen LogP contribution in [0.2, 0.25) is 0 Å². The fourth-order valence-electron chi connectivity index (χ4n) is 2.70. The Labute approximate surface area is 178 Å². The first-order valence-corrected chi connectivity index (χ1v) is 11.5. The van der Waals surface area contributed by atoms with Gasteiger partial charge in [0.2, 0.25) is 5.91 Å². The Morgan fingerprint density at radius 3 is 3.00 bits per heavy atom. The number of rotatable bonds is 12. The fraction of sp³-hybridized carbons (Fsp3) is 0.474. The minimum Gasteiger partial charge on any atom is -0.383 e. The summed E-state index contributed by atoms with van der Waals surface area (Å²) in [5, 5.41) is 14.3. The number of aromatic nitrogens is 4. The molecule has 3 aromatic heterocycles. The number of carbonyl (C=O) groups excluding carboxylic acids is 1. The molecule has 0 aliphatic carbocycles. The van der Waals surface area contributed by atoms with E-state index in [1.54, 1.807) is 36.4 Å². The summed E-state index contributed by atoms with van der Waals surface area (Å²) in [6.45, 7) is 4.42. The Morgan fingerprint density at radius 2 is 2.24 bits per heavy atom. The third-order valence-electron chi connectivity index (χ3n) is 4.07. The zero-order valence-corrected chi connectivity index (χ0v) is 18.3. The van der Waals surface area contributed by atoms with Crippen molar-refractivity contribution in [1.82, 2.24) is 25.1 Å². The van der Waals surface area contributed by atoms with Crippen LogP contribution in [0.5, 0.6) is 0 Å². The summed E-state index contributed by atoms with van der Waals surface area (Å²) in [6, 6.07) is 3.92. The smallest absolute Gasteiger partial charge is 0.225 e. The second-order valence-corrected chi connectivity index (χ2v) is 8.43. The SMILES string of the molecule is CCCSc1nc(NCCOC)c2cnn(CCNC(=O)Cc3cccs3)c2n1. The molecule has 8 nitrogen and oxygen atoms in total. The molecule has 0 aliphatic rings. The molecule has 3 aromatic rings. The normalized spacial score (nSPS) is 11.1. The molecule has 0 radical (unpaired) electrons. The number of ether oxygens (including phenoxy) is 1. The Balaban J connectivity index is 1.68. The molecule has 0 saturated heterocycles. The van der Waals surface area contributed by atoms with E-state index in [1.807, 2.05) is 22.2 Å². The molecule has 0 aromatic carbocycles. The van der Waals surface area contributed by atoms with Crippen molar-refractivity contribution < 1.29 is 9.53 Å². The number of nitrogens with one attached hydrogen (secondary N) is 2. The maximum atomic E-state index is 12.1. The van der Waals surface area contributed by atoms with Crippen molar-refractivity contribution >= 4 is 45.9 Å². The van der Waals surface area contributed by atoms with Gasteiger partial charge < -0.3 is 15.4 Å². The van der Waals surface area contributed by atoms with Gasteiger partial charge in [-0.1, -0.05) is 24.8 Å². The number of fused-ring (bicyclic) bond motifs is 1. The highest BCUT2D eigenvalue weighted by molar-refractivity contribution is 7.99. The molecule has 0 aliphatic heterocycles. The van der Waals surface area contributed by atoms with E-state index in [2.05, 4.69) is 27.6 Å². The van der Waals surface area contributed by atoms with Gasteiger partial charge in [0.05, 0.1) is 31.2 Å². The van der Waals surface area contributed by atoms with Gasteiger partial charge in [-0.3, -0.25) is 4.79 Å². The number of thiophene rings is 1. The van der Waals surface area contributed by atoms with E-state index in [0.717, 1.165) is 39.1 Å². The summed E-state index contributed by atoms with van der Waals surface area (Å²) < 4.78 is 6.94. The first-order valence-electron chi connectivity index (χ1n) is 9.59. The van der Waals surface area contributed by atoms with Crippen molar-refractivity contribution in [3.05, 3.63) is 28.6 Å². The quantitative estimate of drug-likeness (QED) is 0.257. The average Bonchev–Trinajstić information content (AvgIpc) is 3.37. The standard InChI is InChI=1S/C19H26N6O2S2/c1-3-10-29-19-23-17(21-7-9-27-2)15-13-22-25(18(15)24-19)8-6-20-16(26)12-14-5-4-11-28-14/h4-5,11,13H,3,6-10,12H2,1-2H3,(H,20,26)(H,21,23,24). The Morgan fingerprint density at radius 1 is 1.34 bits per heavy atom. The van der Waals surface area contributed by atoms with E-state index >= 15 is 0 Å². The summed E-state index contributed by atoms with van der Waals surface area (Å²) in [5.41, 5.74) is 0.769. The molecule has 0 saturated carbocycles. The lowest BCUT2D eigenvalue weighted by molar-refractivity contribution is -0.120. The van der Waals surface area contributed by atoms with Gasteiger partial charge >= 0.3 is 0 Å². The van der Waals surface area contributed by atoms with Gasteiger partial charge in [-0.25, -0.2) is 14.6 Å². The number of anilines is 1. The van der Waals surface area contributed by atoms with Crippen molar-refractivity contribution in [2.75, 3.05) is 37.9 Å². The predicted molar refractivity (Wildman–Crippen MR) is 118 cm³/mol. The predicted octanol–water partition coefficient (Wildman–Crippen LogP) is 2.81. The van der Waals surface area contributed by atoms with E-state index in [1.165, 1.54) is 0 Å². The molecule has 0 bridgehead atoms.